The second kappa shape index (κ2) is 4.64. The Labute approximate surface area is 108 Å². The molecule has 0 aromatic carbocycles. The molecule has 96 valence electrons. The Balaban J connectivity index is 1.78. The fourth-order valence-corrected chi connectivity index (χ4v) is 3.17. The maximum atomic E-state index is 11.4. The van der Waals surface area contributed by atoms with Crippen molar-refractivity contribution in [3.63, 3.8) is 0 Å². The van der Waals surface area contributed by atoms with E-state index >= 15 is 0 Å². The molecule has 2 aromatic rings. The van der Waals surface area contributed by atoms with Gasteiger partial charge in [0.15, 0.2) is 5.65 Å². The number of aromatic amines is 1. The highest BCUT2D eigenvalue weighted by Gasteiger charge is 2.24. The van der Waals surface area contributed by atoms with Crippen molar-refractivity contribution in [2.45, 2.75) is 30.6 Å². The van der Waals surface area contributed by atoms with Gasteiger partial charge in [0.05, 0.1) is 0 Å². The van der Waals surface area contributed by atoms with Crippen LogP contribution in [0.2, 0.25) is 0 Å². The molecule has 18 heavy (non-hydrogen) atoms. The molecular formula is C11H15N5OS. The number of nitrogens with zero attached hydrogens (tertiary/aromatic N) is 3. The fourth-order valence-electron chi connectivity index (χ4n) is 2.37. The predicted octanol–water partition coefficient (Wildman–Crippen LogP) is 1.11. The van der Waals surface area contributed by atoms with E-state index in [2.05, 4.69) is 26.9 Å². The molecule has 1 aliphatic carbocycles. The number of rotatable bonds is 3. The Morgan fingerprint density at radius 1 is 1.50 bits per heavy atom. The van der Waals surface area contributed by atoms with E-state index in [0.29, 0.717) is 11.7 Å². The highest BCUT2D eigenvalue weighted by Crippen LogP contribution is 2.29. The van der Waals surface area contributed by atoms with Gasteiger partial charge in [-0.15, -0.1) is 5.10 Å². The van der Waals surface area contributed by atoms with Crippen molar-refractivity contribution in [3.05, 3.63) is 22.6 Å². The van der Waals surface area contributed by atoms with Gasteiger partial charge >= 0.3 is 5.69 Å². The number of thioether (sulfide) groups is 1. The first kappa shape index (κ1) is 11.6. The quantitative estimate of drug-likeness (QED) is 0.869. The fraction of sp³-hybridized carbons (Fsp3) is 0.545. The number of aromatic nitrogens is 4. The molecule has 2 heterocycles. The van der Waals surface area contributed by atoms with Crippen LogP contribution in [0.4, 0.5) is 5.82 Å². The molecule has 2 atom stereocenters. The summed E-state index contributed by atoms with van der Waals surface area (Å²) in [5, 5.41) is 14.6. The van der Waals surface area contributed by atoms with Gasteiger partial charge in [0, 0.05) is 11.3 Å². The second-order valence-corrected chi connectivity index (χ2v) is 5.67. The highest BCUT2D eigenvalue weighted by atomic mass is 32.2. The van der Waals surface area contributed by atoms with E-state index in [-0.39, 0.29) is 5.69 Å². The van der Waals surface area contributed by atoms with Gasteiger partial charge in [-0.25, -0.2) is 9.89 Å². The summed E-state index contributed by atoms with van der Waals surface area (Å²) in [6.45, 7) is 0. The number of hydrogen-bond acceptors (Lipinski definition) is 5. The van der Waals surface area contributed by atoms with Crippen LogP contribution in [0, 0.1) is 0 Å². The van der Waals surface area contributed by atoms with Crippen LogP contribution in [0.15, 0.2) is 16.9 Å². The summed E-state index contributed by atoms with van der Waals surface area (Å²) in [5.74, 6) is 0.734. The molecular weight excluding hydrogens is 250 g/mol. The molecule has 6 nitrogen and oxygen atoms in total. The molecule has 0 bridgehead atoms. The van der Waals surface area contributed by atoms with E-state index in [0.717, 1.165) is 23.9 Å². The van der Waals surface area contributed by atoms with Crippen LogP contribution in [0.3, 0.4) is 0 Å². The van der Waals surface area contributed by atoms with Crippen molar-refractivity contribution < 1.29 is 0 Å². The molecule has 2 unspecified atom stereocenters. The first-order chi connectivity index (χ1) is 8.76. The van der Waals surface area contributed by atoms with Crippen LogP contribution in [0.5, 0.6) is 0 Å². The Hall–Kier alpha value is -1.50. The lowest BCUT2D eigenvalue weighted by atomic mass is 10.2. The van der Waals surface area contributed by atoms with E-state index in [1.54, 1.807) is 6.07 Å². The number of nitrogens with one attached hydrogen (secondary N) is 2. The van der Waals surface area contributed by atoms with E-state index in [1.807, 2.05) is 17.8 Å². The molecule has 2 N–H and O–H groups in total. The zero-order valence-corrected chi connectivity index (χ0v) is 10.9. The number of H-pyrrole nitrogens is 1. The van der Waals surface area contributed by atoms with Crippen molar-refractivity contribution in [3.8, 4) is 0 Å². The van der Waals surface area contributed by atoms with E-state index in [4.69, 9.17) is 0 Å². The summed E-state index contributed by atoms with van der Waals surface area (Å²) in [6.07, 6.45) is 5.71. The molecule has 1 aliphatic rings. The van der Waals surface area contributed by atoms with E-state index < -0.39 is 0 Å². The minimum Gasteiger partial charge on any atom is -0.366 e. The number of anilines is 1. The van der Waals surface area contributed by atoms with Gasteiger partial charge in [0.2, 0.25) is 0 Å². The normalized spacial score (nSPS) is 23.6. The zero-order chi connectivity index (χ0) is 12.5. The molecule has 3 rings (SSSR count). The van der Waals surface area contributed by atoms with Gasteiger partial charge in [-0.05, 0) is 37.7 Å². The van der Waals surface area contributed by atoms with Gasteiger partial charge in [0.25, 0.3) is 0 Å². The van der Waals surface area contributed by atoms with Crippen LogP contribution in [0.25, 0.3) is 5.65 Å². The smallest absolute Gasteiger partial charge is 0.364 e. The number of hydrogen-bond donors (Lipinski definition) is 2. The highest BCUT2D eigenvalue weighted by molar-refractivity contribution is 7.99. The third-order valence-corrected chi connectivity index (χ3v) is 4.44. The van der Waals surface area contributed by atoms with Crippen molar-refractivity contribution in [2.75, 3.05) is 11.6 Å². The minimum atomic E-state index is -0.304. The average molecular weight is 265 g/mol. The SMILES string of the molecule is CSC1CCC(Nc2ccc3n[nH]c(=O)n3n2)C1. The molecule has 1 saturated carbocycles. The monoisotopic (exact) mass is 265 g/mol. The summed E-state index contributed by atoms with van der Waals surface area (Å²) in [7, 11) is 0. The summed E-state index contributed by atoms with van der Waals surface area (Å²) in [6, 6.07) is 4.10. The van der Waals surface area contributed by atoms with Crippen molar-refractivity contribution in [1.82, 2.24) is 19.8 Å². The zero-order valence-electron chi connectivity index (χ0n) is 10.1. The third-order valence-electron chi connectivity index (χ3n) is 3.34. The molecule has 0 radical (unpaired) electrons. The summed E-state index contributed by atoms with van der Waals surface area (Å²) in [5.41, 5.74) is 0.237. The summed E-state index contributed by atoms with van der Waals surface area (Å²) in [4.78, 5) is 11.4. The van der Waals surface area contributed by atoms with Gasteiger partial charge in [-0.3, -0.25) is 0 Å². The third kappa shape index (κ3) is 2.10. The Morgan fingerprint density at radius 3 is 3.17 bits per heavy atom. The largest absolute Gasteiger partial charge is 0.366 e. The maximum Gasteiger partial charge on any atom is 0.364 e. The average Bonchev–Trinajstić information content (AvgIpc) is 2.97. The first-order valence-corrected chi connectivity index (χ1v) is 7.29. The van der Waals surface area contributed by atoms with Crippen LogP contribution in [0.1, 0.15) is 19.3 Å². The molecule has 0 saturated heterocycles. The molecule has 0 spiro atoms. The molecule has 2 aromatic heterocycles. The van der Waals surface area contributed by atoms with Crippen LogP contribution in [-0.4, -0.2) is 37.4 Å². The molecule has 1 fully saturated rings. The van der Waals surface area contributed by atoms with Gasteiger partial charge in [0.1, 0.15) is 5.82 Å². The maximum absolute atomic E-state index is 11.4. The van der Waals surface area contributed by atoms with Crippen LogP contribution < -0.4 is 11.0 Å². The predicted molar refractivity (Wildman–Crippen MR) is 72.2 cm³/mol. The Kier molecular flexibility index (Phi) is 2.99. The lowest BCUT2D eigenvalue weighted by Crippen LogP contribution is -2.19. The standard InChI is InChI=1S/C11H15N5OS/c1-18-8-3-2-7(6-8)12-9-4-5-10-13-14-11(17)16(10)15-9/h4-5,7-8H,2-3,6H2,1H3,(H,12,15)(H,14,17). The number of fused-ring (bicyclic) bond motifs is 1. The van der Waals surface area contributed by atoms with E-state index in [1.165, 1.54) is 10.9 Å². The van der Waals surface area contributed by atoms with Crippen molar-refractivity contribution >= 4 is 23.2 Å². The second-order valence-electron chi connectivity index (χ2n) is 4.53. The molecule has 7 heteroatoms. The molecule has 0 aliphatic heterocycles. The molecule has 0 amide bonds. The van der Waals surface area contributed by atoms with Gasteiger partial charge in [-0.1, -0.05) is 0 Å². The Morgan fingerprint density at radius 2 is 2.39 bits per heavy atom. The van der Waals surface area contributed by atoms with Crippen LogP contribution >= 0.6 is 11.8 Å². The lowest BCUT2D eigenvalue weighted by molar-refractivity contribution is 0.742. The minimum absolute atomic E-state index is 0.304. The summed E-state index contributed by atoms with van der Waals surface area (Å²) >= 11 is 1.92. The van der Waals surface area contributed by atoms with Gasteiger partial charge < -0.3 is 5.32 Å². The van der Waals surface area contributed by atoms with Gasteiger partial charge in [-0.2, -0.15) is 21.4 Å². The Bertz CT molecular complexity index is 607. The van der Waals surface area contributed by atoms with Crippen LogP contribution in [-0.2, 0) is 0 Å². The summed E-state index contributed by atoms with van der Waals surface area (Å²) < 4.78 is 1.28. The van der Waals surface area contributed by atoms with Crippen molar-refractivity contribution in [2.24, 2.45) is 0 Å². The van der Waals surface area contributed by atoms with E-state index in [9.17, 15) is 4.79 Å². The van der Waals surface area contributed by atoms with Crippen molar-refractivity contribution in [1.29, 1.82) is 0 Å². The topological polar surface area (TPSA) is 75.1 Å². The lowest BCUT2D eigenvalue weighted by Gasteiger charge is -2.12. The first-order valence-electron chi connectivity index (χ1n) is 6.00.